The lowest BCUT2D eigenvalue weighted by Crippen LogP contribution is -2.44. The van der Waals surface area contributed by atoms with Gasteiger partial charge in [-0.2, -0.15) is 4.98 Å². The number of para-hydroxylation sites is 1. The van der Waals surface area contributed by atoms with Crippen molar-refractivity contribution in [3.63, 3.8) is 0 Å². The van der Waals surface area contributed by atoms with Crippen LogP contribution in [0.2, 0.25) is 5.02 Å². The molecule has 2 heterocycles. The predicted molar refractivity (Wildman–Crippen MR) is 157 cm³/mol. The molecule has 0 radical (unpaired) electrons. The van der Waals surface area contributed by atoms with E-state index in [1.165, 1.54) is 12.3 Å². The third kappa shape index (κ3) is 7.51. The molecule has 4 rings (SSSR count). The van der Waals surface area contributed by atoms with Crippen molar-refractivity contribution in [2.45, 2.75) is 25.7 Å². The van der Waals surface area contributed by atoms with Gasteiger partial charge in [-0.3, -0.25) is 0 Å². The lowest BCUT2D eigenvalue weighted by atomic mass is 9.98. The van der Waals surface area contributed by atoms with Crippen molar-refractivity contribution in [3.8, 4) is 5.75 Å². The van der Waals surface area contributed by atoms with Crippen LogP contribution in [0.5, 0.6) is 5.75 Å². The van der Waals surface area contributed by atoms with Crippen molar-refractivity contribution in [2.24, 2.45) is 5.41 Å². The first-order valence-electron chi connectivity index (χ1n) is 12.7. The fraction of sp³-hybridized carbons (Fsp3) is 0.407. The number of methoxy groups -OCH3 is 1. The molecule has 210 valence electrons. The number of anilines is 5. The van der Waals surface area contributed by atoms with Crippen molar-refractivity contribution in [1.29, 1.82) is 0 Å². The molecule has 0 unspecified atom stereocenters. The monoisotopic (exact) mass is 573 g/mol. The Morgan fingerprint density at radius 1 is 1.03 bits per heavy atom. The van der Waals surface area contributed by atoms with Gasteiger partial charge in [-0.1, -0.05) is 44.5 Å². The molecule has 0 bridgehead atoms. The first-order chi connectivity index (χ1) is 18.4. The molecule has 0 amide bonds. The number of rotatable bonds is 9. The molecule has 1 aliphatic heterocycles. The topological polar surface area (TPSA) is 112 Å². The second-order valence-corrected chi connectivity index (χ2v) is 12.8. The molecule has 12 heteroatoms. The first kappa shape index (κ1) is 28.9. The number of likely N-dealkylation sites (N-methyl/N-ethyl adjacent to an activating group) is 1. The number of nitrogens with zero attached hydrogens (tertiary/aromatic N) is 4. The second-order valence-electron chi connectivity index (χ2n) is 10.7. The number of halogens is 1. The van der Waals surface area contributed by atoms with Gasteiger partial charge in [0.25, 0.3) is 0 Å². The van der Waals surface area contributed by atoms with E-state index in [2.05, 4.69) is 42.2 Å². The molecule has 3 N–H and O–H groups in total. The fourth-order valence-corrected chi connectivity index (χ4v) is 5.58. The van der Waals surface area contributed by atoms with Gasteiger partial charge in [0.05, 0.1) is 24.7 Å². The summed E-state index contributed by atoms with van der Waals surface area (Å²) in [7, 11) is -0.0324. The second kappa shape index (κ2) is 12.0. The van der Waals surface area contributed by atoms with Crippen LogP contribution in [-0.4, -0.2) is 70.2 Å². The molecular formula is C27H36ClN7O3S. The summed E-state index contributed by atoms with van der Waals surface area (Å²) in [5, 5.41) is 6.51. The minimum atomic E-state index is -3.78. The highest BCUT2D eigenvalue weighted by Crippen LogP contribution is 2.33. The van der Waals surface area contributed by atoms with Gasteiger partial charge in [0.15, 0.2) is 5.82 Å². The Morgan fingerprint density at radius 2 is 1.74 bits per heavy atom. The molecule has 0 aliphatic carbocycles. The van der Waals surface area contributed by atoms with Gasteiger partial charge in [-0.25, -0.2) is 18.1 Å². The van der Waals surface area contributed by atoms with E-state index in [1.807, 2.05) is 39.0 Å². The van der Waals surface area contributed by atoms with Crippen LogP contribution in [0.25, 0.3) is 0 Å². The van der Waals surface area contributed by atoms with E-state index in [9.17, 15) is 8.42 Å². The zero-order chi connectivity index (χ0) is 28.2. The Kier molecular flexibility index (Phi) is 8.85. The summed E-state index contributed by atoms with van der Waals surface area (Å²) < 4.78 is 34.5. The van der Waals surface area contributed by atoms with E-state index in [0.717, 1.165) is 31.9 Å². The van der Waals surface area contributed by atoms with Crippen LogP contribution >= 0.6 is 11.6 Å². The molecule has 39 heavy (non-hydrogen) atoms. The highest BCUT2D eigenvalue weighted by molar-refractivity contribution is 7.89. The Morgan fingerprint density at radius 3 is 2.44 bits per heavy atom. The van der Waals surface area contributed by atoms with Crippen molar-refractivity contribution in [3.05, 3.63) is 53.7 Å². The summed E-state index contributed by atoms with van der Waals surface area (Å²) in [5.41, 5.74) is 1.91. The quantitative estimate of drug-likeness (QED) is 0.335. The molecule has 2 aromatic carbocycles. The van der Waals surface area contributed by atoms with E-state index >= 15 is 0 Å². The zero-order valence-corrected chi connectivity index (χ0v) is 24.5. The van der Waals surface area contributed by atoms with Crippen LogP contribution in [0.3, 0.4) is 0 Å². The maximum Gasteiger partial charge on any atom is 0.242 e. The first-order valence-corrected chi connectivity index (χ1v) is 14.6. The Bertz CT molecular complexity index is 1400. The van der Waals surface area contributed by atoms with Crippen LogP contribution in [-0.2, 0) is 10.0 Å². The van der Waals surface area contributed by atoms with E-state index in [1.54, 1.807) is 25.3 Å². The molecule has 1 fully saturated rings. The highest BCUT2D eigenvalue weighted by Gasteiger charge is 2.22. The SMILES string of the molecule is COc1cc(N2CCN(C)CC2)ccc1Nc1ncc(Cl)c(Nc2ccccc2S(=O)(=O)NCC(C)(C)C)n1. The number of benzene rings is 2. The molecule has 0 spiro atoms. The largest absolute Gasteiger partial charge is 0.494 e. The Labute approximate surface area is 235 Å². The zero-order valence-electron chi connectivity index (χ0n) is 23.0. The molecule has 1 aliphatic rings. The molecule has 0 saturated carbocycles. The smallest absolute Gasteiger partial charge is 0.242 e. The van der Waals surface area contributed by atoms with Crippen molar-refractivity contribution in [2.75, 3.05) is 62.4 Å². The molecule has 1 aromatic heterocycles. The average molecular weight is 574 g/mol. The number of ether oxygens (including phenoxy) is 1. The summed E-state index contributed by atoms with van der Waals surface area (Å²) in [4.78, 5) is 13.6. The minimum absolute atomic E-state index is 0.0969. The standard InChI is InChI=1S/C27H36ClN7O3S/c1-27(2,3)18-30-39(36,37)24-9-7-6-8-22(24)31-25-20(28)17-29-26(33-25)32-21-11-10-19(16-23(21)38-5)35-14-12-34(4)13-15-35/h6-11,16-17,30H,12-15,18H2,1-5H3,(H2,29,31,32,33). The third-order valence-corrected chi connectivity index (χ3v) is 8.00. The summed E-state index contributed by atoms with van der Waals surface area (Å²) in [5.74, 6) is 1.19. The molecule has 3 aromatic rings. The predicted octanol–water partition coefficient (Wildman–Crippen LogP) is 4.70. The van der Waals surface area contributed by atoms with Crippen LogP contribution < -0.4 is 25.0 Å². The normalized spacial score (nSPS) is 14.8. The van der Waals surface area contributed by atoms with Crippen molar-refractivity contribution < 1.29 is 13.2 Å². The van der Waals surface area contributed by atoms with Gasteiger partial charge in [0.2, 0.25) is 16.0 Å². The van der Waals surface area contributed by atoms with Gasteiger partial charge in [-0.05, 0) is 36.7 Å². The van der Waals surface area contributed by atoms with E-state index in [4.69, 9.17) is 16.3 Å². The summed E-state index contributed by atoms with van der Waals surface area (Å²) in [6.07, 6.45) is 1.46. The maximum absolute atomic E-state index is 13.1. The summed E-state index contributed by atoms with van der Waals surface area (Å²) in [6, 6.07) is 12.6. The number of nitrogens with one attached hydrogen (secondary N) is 3. The van der Waals surface area contributed by atoms with Crippen LogP contribution in [0.15, 0.2) is 53.6 Å². The lowest BCUT2D eigenvalue weighted by Gasteiger charge is -2.34. The third-order valence-electron chi connectivity index (χ3n) is 6.27. The van der Waals surface area contributed by atoms with Gasteiger partial charge < -0.3 is 25.2 Å². The number of hydrogen-bond acceptors (Lipinski definition) is 9. The van der Waals surface area contributed by atoms with Gasteiger partial charge in [-0.15, -0.1) is 0 Å². The highest BCUT2D eigenvalue weighted by atomic mass is 35.5. The maximum atomic E-state index is 13.1. The average Bonchev–Trinajstić information content (AvgIpc) is 2.90. The van der Waals surface area contributed by atoms with Crippen molar-refractivity contribution in [1.82, 2.24) is 19.6 Å². The van der Waals surface area contributed by atoms with E-state index in [-0.39, 0.29) is 27.1 Å². The van der Waals surface area contributed by atoms with Gasteiger partial charge >= 0.3 is 0 Å². The van der Waals surface area contributed by atoms with Gasteiger partial charge in [0, 0.05) is 44.5 Å². The number of sulfonamides is 1. The molecule has 1 saturated heterocycles. The van der Waals surface area contributed by atoms with Crippen LogP contribution in [0, 0.1) is 5.41 Å². The molecular weight excluding hydrogens is 538 g/mol. The number of aromatic nitrogens is 2. The van der Waals surface area contributed by atoms with Crippen molar-refractivity contribution >= 4 is 50.5 Å². The van der Waals surface area contributed by atoms with Crippen LogP contribution in [0.4, 0.5) is 28.8 Å². The summed E-state index contributed by atoms with van der Waals surface area (Å²) in [6.45, 7) is 10.1. The van der Waals surface area contributed by atoms with E-state index in [0.29, 0.717) is 23.7 Å². The summed E-state index contributed by atoms with van der Waals surface area (Å²) >= 11 is 6.40. The molecule has 10 nitrogen and oxygen atoms in total. The minimum Gasteiger partial charge on any atom is -0.494 e. The van der Waals surface area contributed by atoms with E-state index < -0.39 is 10.0 Å². The fourth-order valence-electron chi connectivity index (χ4n) is 4.00. The molecule has 0 atom stereocenters. The van der Waals surface area contributed by atoms with Gasteiger partial charge in [0.1, 0.15) is 15.7 Å². The number of piperazine rings is 1. The Hall–Kier alpha value is -3.12. The van der Waals surface area contributed by atoms with Crippen LogP contribution in [0.1, 0.15) is 20.8 Å². The lowest BCUT2D eigenvalue weighted by molar-refractivity contribution is 0.312. The number of hydrogen-bond donors (Lipinski definition) is 3. The Balaban J connectivity index is 1.55.